The highest BCUT2D eigenvalue weighted by atomic mass is 16.5. The van der Waals surface area contributed by atoms with Gasteiger partial charge in [0.1, 0.15) is 0 Å². The number of carboxylic acids is 1. The number of hydrogen-bond donors (Lipinski definition) is 1. The molecule has 2 bridgehead atoms. The number of aliphatic carboxylic acids is 1. The van der Waals surface area contributed by atoms with E-state index >= 15 is 0 Å². The monoisotopic (exact) mass is 198 g/mol. The molecule has 0 unspecified atom stereocenters. The Balaban J connectivity index is 1.82. The fourth-order valence-electron chi connectivity index (χ4n) is 3.07. The van der Waals surface area contributed by atoms with Crippen LogP contribution in [0.15, 0.2) is 0 Å². The molecule has 3 aliphatic rings. The van der Waals surface area contributed by atoms with Crippen LogP contribution in [0.1, 0.15) is 32.1 Å². The zero-order chi connectivity index (χ0) is 10.4. The summed E-state index contributed by atoms with van der Waals surface area (Å²) in [6.07, 6.45) is 3.43. The van der Waals surface area contributed by atoms with E-state index in [2.05, 4.69) is 0 Å². The number of carbonyl (C=O) groups is 2. The molecular weight excluding hydrogens is 184 g/mol. The topological polar surface area (TPSA) is 63.6 Å². The highest BCUT2D eigenvalue weighted by Gasteiger charge is 2.71. The number of carboxylic acid groups (broad SMARTS) is 1. The molecule has 0 atom stereocenters. The average Bonchev–Trinajstić information content (AvgIpc) is 1.98. The number of ether oxygens (including phenoxy) is 1. The summed E-state index contributed by atoms with van der Waals surface area (Å²) in [7, 11) is 1.41. The van der Waals surface area contributed by atoms with Crippen LogP contribution in [0.2, 0.25) is 0 Å². The minimum atomic E-state index is -0.748. The Morgan fingerprint density at radius 2 is 1.93 bits per heavy atom. The molecule has 0 saturated heterocycles. The summed E-state index contributed by atoms with van der Waals surface area (Å²) < 4.78 is 4.71. The van der Waals surface area contributed by atoms with Gasteiger partial charge in [0, 0.05) is 6.42 Å². The number of carbonyl (C=O) groups excluding carboxylic acids is 1. The van der Waals surface area contributed by atoms with E-state index in [1.54, 1.807) is 0 Å². The van der Waals surface area contributed by atoms with Crippen molar-refractivity contribution < 1.29 is 19.4 Å². The maximum atomic E-state index is 11.3. The predicted molar refractivity (Wildman–Crippen MR) is 47.6 cm³/mol. The van der Waals surface area contributed by atoms with Crippen LogP contribution in [0.5, 0.6) is 0 Å². The number of rotatable bonds is 4. The summed E-state index contributed by atoms with van der Waals surface area (Å²) in [4.78, 5) is 21.7. The average molecular weight is 198 g/mol. The van der Waals surface area contributed by atoms with Gasteiger partial charge in [-0.05, 0) is 31.1 Å². The third-order valence-corrected chi connectivity index (χ3v) is 3.63. The highest BCUT2D eigenvalue weighted by molar-refractivity contribution is 5.81. The van der Waals surface area contributed by atoms with Gasteiger partial charge in [-0.1, -0.05) is 0 Å². The van der Waals surface area contributed by atoms with Gasteiger partial charge in [-0.3, -0.25) is 9.59 Å². The summed E-state index contributed by atoms with van der Waals surface area (Å²) >= 11 is 0. The zero-order valence-corrected chi connectivity index (χ0v) is 8.21. The summed E-state index contributed by atoms with van der Waals surface area (Å²) in [5.74, 6) is -0.864. The van der Waals surface area contributed by atoms with Gasteiger partial charge >= 0.3 is 11.9 Å². The smallest absolute Gasteiger partial charge is 0.311 e. The summed E-state index contributed by atoms with van der Waals surface area (Å²) in [5.41, 5.74) is -0.0696. The lowest BCUT2D eigenvalue weighted by Crippen LogP contribution is -2.65. The van der Waals surface area contributed by atoms with Gasteiger partial charge in [-0.15, -0.1) is 0 Å². The largest absolute Gasteiger partial charge is 0.481 e. The van der Waals surface area contributed by atoms with Crippen LogP contribution < -0.4 is 0 Å². The van der Waals surface area contributed by atoms with Crippen LogP contribution in [-0.4, -0.2) is 24.2 Å². The van der Waals surface area contributed by atoms with Gasteiger partial charge in [-0.25, -0.2) is 0 Å². The fraction of sp³-hybridized carbons (Fsp3) is 0.800. The number of methoxy groups -OCH3 is 1. The first-order valence-corrected chi connectivity index (χ1v) is 4.82. The molecule has 14 heavy (non-hydrogen) atoms. The molecular formula is C10H14O4. The van der Waals surface area contributed by atoms with Crippen molar-refractivity contribution in [3.05, 3.63) is 0 Å². The van der Waals surface area contributed by atoms with Crippen molar-refractivity contribution in [3.8, 4) is 0 Å². The molecule has 78 valence electrons. The Bertz CT molecular complexity index is 275. The maximum absolute atomic E-state index is 11.3. The molecule has 4 heteroatoms. The first kappa shape index (κ1) is 9.49. The van der Waals surface area contributed by atoms with Gasteiger partial charge in [0.25, 0.3) is 0 Å². The molecule has 3 rings (SSSR count). The molecule has 0 aromatic carbocycles. The van der Waals surface area contributed by atoms with Crippen molar-refractivity contribution in [2.45, 2.75) is 32.1 Å². The molecule has 0 aromatic rings. The zero-order valence-electron chi connectivity index (χ0n) is 8.21. The first-order chi connectivity index (χ1) is 6.52. The Hall–Kier alpha value is -1.06. The lowest BCUT2D eigenvalue weighted by molar-refractivity contribution is -0.228. The molecule has 0 radical (unpaired) electrons. The van der Waals surface area contributed by atoms with Gasteiger partial charge in [0.15, 0.2) is 0 Å². The van der Waals surface area contributed by atoms with E-state index in [4.69, 9.17) is 9.84 Å². The maximum Gasteiger partial charge on any atom is 0.311 e. The van der Waals surface area contributed by atoms with Crippen LogP contribution in [0, 0.1) is 10.8 Å². The first-order valence-electron chi connectivity index (χ1n) is 4.82. The minimum Gasteiger partial charge on any atom is -0.481 e. The lowest BCUT2D eigenvalue weighted by Gasteiger charge is -2.68. The van der Waals surface area contributed by atoms with Crippen LogP contribution >= 0.6 is 0 Å². The summed E-state index contributed by atoms with van der Waals surface area (Å²) in [6.45, 7) is 0. The Labute approximate surface area is 82.2 Å². The van der Waals surface area contributed by atoms with Gasteiger partial charge in [-0.2, -0.15) is 0 Å². The molecule has 0 aliphatic heterocycles. The van der Waals surface area contributed by atoms with Crippen molar-refractivity contribution in [2.75, 3.05) is 7.11 Å². The molecule has 0 heterocycles. The molecule has 3 saturated carbocycles. The summed E-state index contributed by atoms with van der Waals surface area (Å²) in [5, 5.41) is 8.54. The third kappa shape index (κ3) is 1.13. The van der Waals surface area contributed by atoms with E-state index in [9.17, 15) is 9.59 Å². The van der Waals surface area contributed by atoms with Gasteiger partial charge in [0.05, 0.1) is 12.5 Å². The van der Waals surface area contributed by atoms with Crippen molar-refractivity contribution in [1.82, 2.24) is 0 Å². The SMILES string of the molecule is COC(=O)C12CC(CCC(=O)O)(C1)C2. The Kier molecular flexibility index (Phi) is 1.84. The summed E-state index contributed by atoms with van der Waals surface area (Å²) in [6, 6.07) is 0. The van der Waals surface area contributed by atoms with Gasteiger partial charge < -0.3 is 9.84 Å². The lowest BCUT2D eigenvalue weighted by atomic mass is 9.34. The van der Waals surface area contributed by atoms with Crippen LogP contribution in [-0.2, 0) is 14.3 Å². The minimum absolute atomic E-state index is 0.116. The second kappa shape index (κ2) is 2.72. The van der Waals surface area contributed by atoms with E-state index < -0.39 is 5.97 Å². The number of esters is 1. The number of hydrogen-bond acceptors (Lipinski definition) is 3. The quantitative estimate of drug-likeness (QED) is 0.689. The van der Waals surface area contributed by atoms with E-state index in [0.717, 1.165) is 19.3 Å². The van der Waals surface area contributed by atoms with Crippen LogP contribution in [0.3, 0.4) is 0 Å². The van der Waals surface area contributed by atoms with Crippen molar-refractivity contribution in [3.63, 3.8) is 0 Å². The van der Waals surface area contributed by atoms with E-state index in [0.29, 0.717) is 6.42 Å². The highest BCUT2D eigenvalue weighted by Crippen LogP contribution is 2.75. The molecule has 3 aliphatic carbocycles. The Morgan fingerprint density at radius 1 is 1.36 bits per heavy atom. The van der Waals surface area contributed by atoms with Crippen LogP contribution in [0.25, 0.3) is 0 Å². The molecule has 0 spiro atoms. The molecule has 1 N–H and O–H groups in total. The third-order valence-electron chi connectivity index (χ3n) is 3.63. The van der Waals surface area contributed by atoms with E-state index in [1.807, 2.05) is 0 Å². The van der Waals surface area contributed by atoms with E-state index in [1.165, 1.54) is 7.11 Å². The van der Waals surface area contributed by atoms with E-state index in [-0.39, 0.29) is 23.2 Å². The van der Waals surface area contributed by atoms with Crippen LogP contribution in [0.4, 0.5) is 0 Å². The normalized spacial score (nSPS) is 38.1. The van der Waals surface area contributed by atoms with Crippen molar-refractivity contribution in [1.29, 1.82) is 0 Å². The van der Waals surface area contributed by atoms with Gasteiger partial charge in [0.2, 0.25) is 0 Å². The van der Waals surface area contributed by atoms with Crippen molar-refractivity contribution >= 4 is 11.9 Å². The molecule has 3 fully saturated rings. The Morgan fingerprint density at radius 3 is 2.36 bits per heavy atom. The second-order valence-corrected chi connectivity index (χ2v) is 4.70. The standard InChI is InChI=1S/C10H14O4/c1-14-8(13)10-4-9(5-10,6-10)3-2-7(11)12/h2-6H2,1H3,(H,11,12). The van der Waals surface area contributed by atoms with Crippen molar-refractivity contribution in [2.24, 2.45) is 10.8 Å². The predicted octanol–water partition coefficient (Wildman–Crippen LogP) is 1.19. The fourth-order valence-corrected chi connectivity index (χ4v) is 3.07. The molecule has 0 amide bonds. The second-order valence-electron chi connectivity index (χ2n) is 4.70. The molecule has 4 nitrogen and oxygen atoms in total. The molecule has 0 aromatic heterocycles.